The average molecular weight is 514 g/mol. The molecule has 0 radical (unpaired) electrons. The van der Waals surface area contributed by atoms with Crippen LogP contribution in [0.1, 0.15) is 38.2 Å². The molecular formula is C28H35NO8. The molecule has 2 aromatic carbocycles. The zero-order valence-corrected chi connectivity index (χ0v) is 21.4. The molecule has 2 unspecified atom stereocenters. The van der Waals surface area contributed by atoms with Crippen molar-refractivity contribution in [3.05, 3.63) is 60.2 Å². The number of piperidine rings is 1. The van der Waals surface area contributed by atoms with Crippen molar-refractivity contribution in [2.75, 3.05) is 33.4 Å². The predicted octanol–water partition coefficient (Wildman–Crippen LogP) is 3.69. The number of carbonyl (C=O) groups excluding carboxylic acids is 2. The van der Waals surface area contributed by atoms with Crippen LogP contribution in [0, 0.1) is 0 Å². The number of esters is 2. The summed E-state index contributed by atoms with van der Waals surface area (Å²) in [5, 5.41) is 0. The average Bonchev–Trinajstić information content (AvgIpc) is 3.21. The van der Waals surface area contributed by atoms with Crippen LogP contribution in [0.25, 0.3) is 0 Å². The normalized spacial score (nSPS) is 21.0. The number of carbonyl (C=O) groups is 2. The maximum absolute atomic E-state index is 12.3. The van der Waals surface area contributed by atoms with Gasteiger partial charge >= 0.3 is 17.8 Å². The van der Waals surface area contributed by atoms with Gasteiger partial charge in [0.1, 0.15) is 12.7 Å². The number of likely N-dealkylation sites (tertiary alicyclic amines) is 1. The van der Waals surface area contributed by atoms with E-state index in [4.69, 9.17) is 28.4 Å². The molecular weight excluding hydrogens is 478 g/mol. The first-order valence-corrected chi connectivity index (χ1v) is 12.8. The molecule has 9 nitrogen and oxygen atoms in total. The molecule has 0 aromatic heterocycles. The summed E-state index contributed by atoms with van der Waals surface area (Å²) >= 11 is 0. The third-order valence-corrected chi connectivity index (χ3v) is 6.45. The van der Waals surface area contributed by atoms with E-state index in [-0.39, 0.29) is 6.61 Å². The summed E-state index contributed by atoms with van der Waals surface area (Å²) in [7, 11) is 1.57. The number of para-hydroxylation sites is 2. The smallest absolute Gasteiger partial charge is 0.422 e. The summed E-state index contributed by atoms with van der Waals surface area (Å²) in [6.45, 7) is 4.08. The number of rotatable bonds is 13. The lowest BCUT2D eigenvalue weighted by molar-refractivity contribution is -0.330. The molecule has 9 heteroatoms. The fourth-order valence-corrected chi connectivity index (χ4v) is 4.60. The van der Waals surface area contributed by atoms with Gasteiger partial charge in [-0.15, -0.1) is 0 Å². The number of ether oxygens (including phenoxy) is 6. The van der Waals surface area contributed by atoms with Gasteiger partial charge in [0.2, 0.25) is 0 Å². The molecule has 2 fully saturated rings. The zero-order chi connectivity index (χ0) is 26.1. The topological polar surface area (TPSA) is 92.8 Å². The van der Waals surface area contributed by atoms with Crippen LogP contribution in [-0.2, 0) is 35.1 Å². The van der Waals surface area contributed by atoms with Crippen LogP contribution in [0.5, 0.6) is 11.5 Å². The fraction of sp³-hybridized carbons (Fsp3) is 0.500. The summed E-state index contributed by atoms with van der Waals surface area (Å²) in [6, 6.07) is 17.2. The van der Waals surface area contributed by atoms with Crippen molar-refractivity contribution in [1.29, 1.82) is 0 Å². The van der Waals surface area contributed by atoms with Gasteiger partial charge in [-0.2, -0.15) is 0 Å². The molecule has 2 heterocycles. The van der Waals surface area contributed by atoms with Crippen LogP contribution in [0.3, 0.4) is 0 Å². The number of benzene rings is 2. The molecule has 2 saturated heterocycles. The van der Waals surface area contributed by atoms with Gasteiger partial charge in [-0.3, -0.25) is 0 Å². The second-order valence-corrected chi connectivity index (χ2v) is 9.05. The summed E-state index contributed by atoms with van der Waals surface area (Å²) in [5.41, 5.74) is 1.03. The van der Waals surface area contributed by atoms with E-state index in [1.807, 2.05) is 59.5 Å². The molecule has 2 atom stereocenters. The first kappa shape index (κ1) is 26.9. The van der Waals surface area contributed by atoms with Crippen LogP contribution < -0.4 is 9.47 Å². The monoisotopic (exact) mass is 513 g/mol. The largest absolute Gasteiger partial charge is 0.485 e. The maximum Gasteiger partial charge on any atom is 0.422 e. The Balaban J connectivity index is 1.58. The van der Waals surface area contributed by atoms with Crippen LogP contribution in [-0.4, -0.2) is 68.4 Å². The van der Waals surface area contributed by atoms with Gasteiger partial charge in [0.15, 0.2) is 17.6 Å². The van der Waals surface area contributed by atoms with Gasteiger partial charge in [-0.1, -0.05) is 62.2 Å². The van der Waals surface area contributed by atoms with Crippen LogP contribution >= 0.6 is 0 Å². The quantitative estimate of drug-likeness (QED) is 0.226. The lowest BCUT2D eigenvalue weighted by Gasteiger charge is -2.48. The summed E-state index contributed by atoms with van der Waals surface area (Å²) < 4.78 is 35.1. The van der Waals surface area contributed by atoms with Crippen molar-refractivity contribution in [1.82, 2.24) is 4.90 Å². The molecule has 0 N–H and O–H groups in total. The molecule has 2 aliphatic rings. The first-order valence-electron chi connectivity index (χ1n) is 12.8. The minimum Gasteiger partial charge on any atom is -0.485 e. The highest BCUT2D eigenvalue weighted by molar-refractivity contribution is 6.31. The van der Waals surface area contributed by atoms with Crippen molar-refractivity contribution < 1.29 is 38.0 Å². The second-order valence-electron chi connectivity index (χ2n) is 9.05. The van der Waals surface area contributed by atoms with Crippen molar-refractivity contribution >= 4 is 11.9 Å². The number of unbranched alkanes of at least 4 members (excludes halogenated alkanes) is 2. The maximum atomic E-state index is 12.3. The van der Waals surface area contributed by atoms with Crippen molar-refractivity contribution in [3.8, 4) is 11.5 Å². The van der Waals surface area contributed by atoms with E-state index in [0.717, 1.165) is 24.8 Å². The minimum absolute atomic E-state index is 0.201. The molecule has 200 valence electrons. The SMILES string of the molecule is CCCCCN1CCC(Oc2ccccc2OCc2ccccc2)C(OCCOC)C12OC(=O)C(=O)O2. The molecule has 0 bridgehead atoms. The Hall–Kier alpha value is -3.14. The Morgan fingerprint density at radius 1 is 0.946 bits per heavy atom. The molecule has 0 saturated carbocycles. The van der Waals surface area contributed by atoms with Gasteiger partial charge in [0, 0.05) is 26.6 Å². The lowest BCUT2D eigenvalue weighted by atomic mass is 9.98. The number of nitrogens with zero attached hydrogens (tertiary/aromatic N) is 1. The molecule has 0 aliphatic carbocycles. The van der Waals surface area contributed by atoms with E-state index in [1.165, 1.54) is 0 Å². The van der Waals surface area contributed by atoms with Crippen LogP contribution in [0.15, 0.2) is 54.6 Å². The Kier molecular flexibility index (Phi) is 9.38. The molecule has 2 aliphatic heterocycles. The van der Waals surface area contributed by atoms with Crippen molar-refractivity contribution in [2.45, 2.75) is 57.3 Å². The fourth-order valence-electron chi connectivity index (χ4n) is 4.60. The van der Waals surface area contributed by atoms with E-state index < -0.39 is 30.1 Å². The highest BCUT2D eigenvalue weighted by atomic mass is 16.8. The molecule has 37 heavy (non-hydrogen) atoms. The Labute approximate surface area is 217 Å². The van der Waals surface area contributed by atoms with Crippen molar-refractivity contribution in [2.24, 2.45) is 0 Å². The van der Waals surface area contributed by atoms with Crippen LogP contribution in [0.2, 0.25) is 0 Å². The summed E-state index contributed by atoms with van der Waals surface area (Å²) in [5.74, 6) is -2.67. The summed E-state index contributed by atoms with van der Waals surface area (Å²) in [6.07, 6.45) is 1.97. The number of methoxy groups -OCH3 is 1. The molecule has 4 rings (SSSR count). The van der Waals surface area contributed by atoms with Gasteiger partial charge < -0.3 is 28.4 Å². The van der Waals surface area contributed by atoms with E-state index in [0.29, 0.717) is 44.2 Å². The van der Waals surface area contributed by atoms with Gasteiger partial charge in [-0.25, -0.2) is 14.5 Å². The Morgan fingerprint density at radius 3 is 2.35 bits per heavy atom. The van der Waals surface area contributed by atoms with E-state index in [2.05, 4.69) is 6.92 Å². The third-order valence-electron chi connectivity index (χ3n) is 6.45. The highest BCUT2D eigenvalue weighted by Gasteiger charge is 2.64. The van der Waals surface area contributed by atoms with Crippen LogP contribution in [0.4, 0.5) is 0 Å². The van der Waals surface area contributed by atoms with E-state index >= 15 is 0 Å². The number of hydrogen-bond donors (Lipinski definition) is 0. The minimum atomic E-state index is -1.70. The lowest BCUT2D eigenvalue weighted by Crippen LogP contribution is -2.67. The van der Waals surface area contributed by atoms with E-state index in [1.54, 1.807) is 7.11 Å². The molecule has 0 amide bonds. The Bertz CT molecular complexity index is 1010. The highest BCUT2D eigenvalue weighted by Crippen LogP contribution is 2.40. The van der Waals surface area contributed by atoms with Gasteiger partial charge in [-0.05, 0) is 24.1 Å². The van der Waals surface area contributed by atoms with Gasteiger partial charge in [0.25, 0.3) is 0 Å². The standard InChI is InChI=1S/C28H35NO8/c1-3-4-10-16-29-17-15-24(25(33-19-18-32-2)28(29)36-26(30)27(31)37-28)35-23-14-9-8-13-22(23)34-20-21-11-6-5-7-12-21/h5-9,11-14,24-25H,3-4,10,15-20H2,1-2H3. The van der Waals surface area contributed by atoms with Gasteiger partial charge in [0.05, 0.1) is 13.2 Å². The zero-order valence-electron chi connectivity index (χ0n) is 21.4. The Morgan fingerprint density at radius 2 is 1.65 bits per heavy atom. The predicted molar refractivity (Wildman–Crippen MR) is 134 cm³/mol. The number of hydrogen-bond acceptors (Lipinski definition) is 9. The summed E-state index contributed by atoms with van der Waals surface area (Å²) in [4.78, 5) is 26.4. The second kappa shape index (κ2) is 12.9. The molecule has 2 aromatic rings. The first-order chi connectivity index (χ1) is 18.1. The van der Waals surface area contributed by atoms with E-state index in [9.17, 15) is 9.59 Å². The van der Waals surface area contributed by atoms with Crippen molar-refractivity contribution in [3.63, 3.8) is 0 Å². The molecule has 1 spiro atoms. The third kappa shape index (κ3) is 6.41.